The molecule has 0 saturated heterocycles. The molecule has 0 saturated carbocycles. The zero-order chi connectivity index (χ0) is 15.3. The van der Waals surface area contributed by atoms with Gasteiger partial charge in [0.1, 0.15) is 0 Å². The van der Waals surface area contributed by atoms with Crippen LogP contribution >= 0.6 is 0 Å². The number of hydrogen-bond donors (Lipinski definition) is 1. The van der Waals surface area contributed by atoms with Crippen molar-refractivity contribution in [2.24, 2.45) is 5.92 Å². The molecule has 0 radical (unpaired) electrons. The van der Waals surface area contributed by atoms with Gasteiger partial charge in [-0.2, -0.15) is 5.10 Å². The van der Waals surface area contributed by atoms with Gasteiger partial charge in [0.2, 0.25) is 0 Å². The van der Waals surface area contributed by atoms with Gasteiger partial charge in [-0.05, 0) is 51.1 Å². The van der Waals surface area contributed by atoms with Crippen LogP contribution in [0.3, 0.4) is 0 Å². The topological polar surface area (TPSA) is 29.9 Å². The van der Waals surface area contributed by atoms with Crippen LogP contribution < -0.4 is 5.32 Å². The molecule has 1 unspecified atom stereocenters. The first-order valence-corrected chi connectivity index (χ1v) is 8.18. The standard InChI is InChI=1S/C17H33N3/c1-8-16(9-2)20-15(7)17(14(6)19-20)10-13(5)11-18-12(3)4/h12-13,16,18H,8-11H2,1-7H3. The summed E-state index contributed by atoms with van der Waals surface area (Å²) >= 11 is 0. The fraction of sp³-hybridized carbons (Fsp3) is 0.824. The van der Waals surface area contributed by atoms with Gasteiger partial charge in [0, 0.05) is 11.7 Å². The average Bonchev–Trinajstić information content (AvgIpc) is 2.66. The lowest BCUT2D eigenvalue weighted by Crippen LogP contribution is -2.28. The van der Waals surface area contributed by atoms with Crippen LogP contribution in [-0.2, 0) is 6.42 Å². The maximum atomic E-state index is 4.80. The highest BCUT2D eigenvalue weighted by Gasteiger charge is 2.18. The molecule has 0 aliphatic rings. The first kappa shape index (κ1) is 17.2. The van der Waals surface area contributed by atoms with Crippen LogP contribution in [0.15, 0.2) is 0 Å². The first-order chi connectivity index (χ1) is 9.40. The Morgan fingerprint density at radius 3 is 2.20 bits per heavy atom. The molecule has 1 atom stereocenters. The van der Waals surface area contributed by atoms with Gasteiger partial charge < -0.3 is 5.32 Å². The summed E-state index contributed by atoms with van der Waals surface area (Å²) in [6, 6.07) is 1.11. The Kier molecular flexibility index (Phi) is 6.74. The molecule has 1 aromatic rings. The largest absolute Gasteiger partial charge is 0.314 e. The number of aryl methyl sites for hydroxylation is 1. The van der Waals surface area contributed by atoms with Gasteiger partial charge in [-0.3, -0.25) is 4.68 Å². The number of aromatic nitrogens is 2. The van der Waals surface area contributed by atoms with E-state index in [0.717, 1.165) is 25.8 Å². The quantitative estimate of drug-likeness (QED) is 0.778. The highest BCUT2D eigenvalue weighted by Crippen LogP contribution is 2.23. The molecule has 1 aromatic heterocycles. The summed E-state index contributed by atoms with van der Waals surface area (Å²) in [6.45, 7) is 16.7. The van der Waals surface area contributed by atoms with Crippen molar-refractivity contribution >= 4 is 0 Å². The van der Waals surface area contributed by atoms with E-state index in [-0.39, 0.29) is 0 Å². The van der Waals surface area contributed by atoms with E-state index in [1.807, 2.05) is 0 Å². The van der Waals surface area contributed by atoms with Crippen molar-refractivity contribution in [2.45, 2.75) is 79.8 Å². The van der Waals surface area contributed by atoms with Crippen LogP contribution in [-0.4, -0.2) is 22.4 Å². The zero-order valence-electron chi connectivity index (χ0n) is 14.5. The lowest BCUT2D eigenvalue weighted by molar-refractivity contribution is 0.417. The van der Waals surface area contributed by atoms with E-state index in [4.69, 9.17) is 5.10 Å². The van der Waals surface area contributed by atoms with Crippen molar-refractivity contribution < 1.29 is 0 Å². The number of hydrogen-bond acceptors (Lipinski definition) is 2. The molecule has 0 aliphatic heterocycles. The SMILES string of the molecule is CCC(CC)n1nc(C)c(CC(C)CNC(C)C)c1C. The molecule has 0 aliphatic carbocycles. The molecular formula is C17H33N3. The van der Waals surface area contributed by atoms with Gasteiger partial charge in [-0.25, -0.2) is 0 Å². The molecule has 1 N–H and O–H groups in total. The number of nitrogens with one attached hydrogen (secondary N) is 1. The third-order valence-electron chi connectivity index (χ3n) is 4.19. The monoisotopic (exact) mass is 279 g/mol. The molecule has 1 rings (SSSR count). The van der Waals surface area contributed by atoms with Gasteiger partial charge in [0.05, 0.1) is 11.7 Å². The van der Waals surface area contributed by atoms with E-state index < -0.39 is 0 Å². The average molecular weight is 279 g/mol. The minimum Gasteiger partial charge on any atom is -0.314 e. The van der Waals surface area contributed by atoms with E-state index in [1.54, 1.807) is 0 Å². The normalized spacial score (nSPS) is 13.4. The smallest absolute Gasteiger partial charge is 0.0628 e. The Morgan fingerprint density at radius 1 is 1.10 bits per heavy atom. The number of rotatable bonds is 8. The molecule has 0 aromatic carbocycles. The van der Waals surface area contributed by atoms with Crippen molar-refractivity contribution in [3.8, 4) is 0 Å². The molecule has 3 heteroatoms. The predicted octanol–water partition coefficient (Wildman–Crippen LogP) is 4.04. The van der Waals surface area contributed by atoms with Crippen LogP contribution in [0.1, 0.15) is 70.5 Å². The summed E-state index contributed by atoms with van der Waals surface area (Å²) in [7, 11) is 0. The molecule has 116 valence electrons. The molecule has 0 fully saturated rings. The number of nitrogens with zero attached hydrogens (tertiary/aromatic N) is 2. The van der Waals surface area contributed by atoms with E-state index >= 15 is 0 Å². The minimum absolute atomic E-state index is 0.548. The van der Waals surface area contributed by atoms with E-state index in [0.29, 0.717) is 18.0 Å². The predicted molar refractivity (Wildman–Crippen MR) is 87.3 cm³/mol. The molecule has 20 heavy (non-hydrogen) atoms. The zero-order valence-corrected chi connectivity index (χ0v) is 14.5. The molecule has 0 spiro atoms. The lowest BCUT2D eigenvalue weighted by Gasteiger charge is -2.17. The molecule has 1 heterocycles. The highest BCUT2D eigenvalue weighted by molar-refractivity contribution is 5.25. The summed E-state index contributed by atoms with van der Waals surface area (Å²) in [5.41, 5.74) is 4.04. The van der Waals surface area contributed by atoms with Gasteiger partial charge in [0.25, 0.3) is 0 Å². The maximum absolute atomic E-state index is 4.80. The molecule has 0 amide bonds. The second kappa shape index (κ2) is 7.82. The van der Waals surface area contributed by atoms with Gasteiger partial charge in [-0.1, -0.05) is 34.6 Å². The Balaban J connectivity index is 2.80. The van der Waals surface area contributed by atoms with Crippen molar-refractivity contribution in [3.05, 3.63) is 17.0 Å². The van der Waals surface area contributed by atoms with Gasteiger partial charge in [-0.15, -0.1) is 0 Å². The molecule has 3 nitrogen and oxygen atoms in total. The van der Waals surface area contributed by atoms with Crippen LogP contribution in [0.4, 0.5) is 0 Å². The Hall–Kier alpha value is -0.830. The Labute approximate surface area is 125 Å². The summed E-state index contributed by atoms with van der Waals surface area (Å²) < 4.78 is 2.26. The van der Waals surface area contributed by atoms with Crippen molar-refractivity contribution in [1.82, 2.24) is 15.1 Å². The van der Waals surface area contributed by atoms with E-state index in [1.165, 1.54) is 17.0 Å². The second-order valence-electron chi connectivity index (χ2n) is 6.44. The summed E-state index contributed by atoms with van der Waals surface area (Å²) in [6.07, 6.45) is 3.43. The Bertz CT molecular complexity index is 403. The summed E-state index contributed by atoms with van der Waals surface area (Å²) in [5, 5.41) is 8.33. The third-order valence-corrected chi connectivity index (χ3v) is 4.19. The fourth-order valence-corrected chi connectivity index (χ4v) is 2.84. The second-order valence-corrected chi connectivity index (χ2v) is 6.44. The van der Waals surface area contributed by atoms with Crippen molar-refractivity contribution in [2.75, 3.05) is 6.54 Å². The fourth-order valence-electron chi connectivity index (χ4n) is 2.84. The molecular weight excluding hydrogens is 246 g/mol. The van der Waals surface area contributed by atoms with Crippen molar-refractivity contribution in [1.29, 1.82) is 0 Å². The summed E-state index contributed by atoms with van der Waals surface area (Å²) in [4.78, 5) is 0. The van der Waals surface area contributed by atoms with Gasteiger partial charge in [0.15, 0.2) is 0 Å². The van der Waals surface area contributed by atoms with E-state index in [2.05, 4.69) is 58.5 Å². The van der Waals surface area contributed by atoms with Crippen molar-refractivity contribution in [3.63, 3.8) is 0 Å². The van der Waals surface area contributed by atoms with Crippen LogP contribution in [0, 0.1) is 19.8 Å². The van der Waals surface area contributed by atoms with Crippen LogP contribution in [0.2, 0.25) is 0 Å². The lowest BCUT2D eigenvalue weighted by atomic mass is 9.99. The van der Waals surface area contributed by atoms with Crippen LogP contribution in [0.5, 0.6) is 0 Å². The molecule has 0 bridgehead atoms. The minimum atomic E-state index is 0.548. The maximum Gasteiger partial charge on any atom is 0.0628 e. The Morgan fingerprint density at radius 2 is 1.70 bits per heavy atom. The van der Waals surface area contributed by atoms with Gasteiger partial charge >= 0.3 is 0 Å². The van der Waals surface area contributed by atoms with E-state index in [9.17, 15) is 0 Å². The third kappa shape index (κ3) is 4.34. The highest BCUT2D eigenvalue weighted by atomic mass is 15.3. The van der Waals surface area contributed by atoms with Crippen LogP contribution in [0.25, 0.3) is 0 Å². The first-order valence-electron chi connectivity index (χ1n) is 8.18. The summed E-state index contributed by atoms with van der Waals surface area (Å²) in [5.74, 6) is 0.647.